The van der Waals surface area contributed by atoms with E-state index in [0.29, 0.717) is 10.7 Å². The number of rotatable bonds is 2. The molecule has 98 valence electrons. The van der Waals surface area contributed by atoms with Gasteiger partial charge in [0.15, 0.2) is 5.69 Å². The number of H-pyrrole nitrogens is 1. The largest absolute Gasteiger partial charge is 0.241 e. The Hall–Kier alpha value is -2.23. The van der Waals surface area contributed by atoms with Gasteiger partial charge in [-0.1, -0.05) is 23.7 Å². The van der Waals surface area contributed by atoms with Gasteiger partial charge in [0.05, 0.1) is 10.6 Å². The number of nitriles is 1. The van der Waals surface area contributed by atoms with E-state index in [9.17, 15) is 0 Å². The SMILES string of the molecule is Cc1nc(-c2ccc(Cl)cc2)sc1-c1n[nH]nc1C#N. The summed E-state index contributed by atoms with van der Waals surface area (Å²) in [4.78, 5) is 5.37. The molecule has 0 aliphatic heterocycles. The molecule has 0 aliphatic rings. The first-order valence-electron chi connectivity index (χ1n) is 5.73. The van der Waals surface area contributed by atoms with Crippen molar-refractivity contribution in [2.75, 3.05) is 0 Å². The van der Waals surface area contributed by atoms with Crippen LogP contribution in [0.2, 0.25) is 5.02 Å². The summed E-state index contributed by atoms with van der Waals surface area (Å²) in [5, 5.41) is 20.9. The molecule has 0 fully saturated rings. The Morgan fingerprint density at radius 2 is 2.00 bits per heavy atom. The normalized spacial score (nSPS) is 10.4. The molecule has 0 saturated carbocycles. The Kier molecular flexibility index (Phi) is 3.22. The highest BCUT2D eigenvalue weighted by Crippen LogP contribution is 2.35. The molecule has 1 aromatic carbocycles. The Labute approximate surface area is 123 Å². The summed E-state index contributed by atoms with van der Waals surface area (Å²) in [5.74, 6) is 0. The summed E-state index contributed by atoms with van der Waals surface area (Å²) in [7, 11) is 0. The summed E-state index contributed by atoms with van der Waals surface area (Å²) >= 11 is 7.36. The highest BCUT2D eigenvalue weighted by Gasteiger charge is 2.17. The summed E-state index contributed by atoms with van der Waals surface area (Å²) in [5.41, 5.74) is 2.63. The molecule has 2 heterocycles. The molecule has 20 heavy (non-hydrogen) atoms. The number of benzene rings is 1. The van der Waals surface area contributed by atoms with E-state index in [-0.39, 0.29) is 5.69 Å². The predicted molar refractivity (Wildman–Crippen MR) is 77.4 cm³/mol. The number of hydrogen-bond acceptors (Lipinski definition) is 5. The van der Waals surface area contributed by atoms with E-state index in [4.69, 9.17) is 16.9 Å². The van der Waals surface area contributed by atoms with Crippen LogP contribution in [0.4, 0.5) is 0 Å². The van der Waals surface area contributed by atoms with E-state index in [0.717, 1.165) is 21.1 Å². The number of nitrogens with one attached hydrogen (secondary N) is 1. The van der Waals surface area contributed by atoms with Crippen molar-refractivity contribution in [1.29, 1.82) is 5.26 Å². The zero-order valence-corrected chi connectivity index (χ0v) is 12.0. The van der Waals surface area contributed by atoms with Gasteiger partial charge in [-0.3, -0.25) is 0 Å². The number of nitrogens with zero attached hydrogens (tertiary/aromatic N) is 4. The average Bonchev–Trinajstić information content (AvgIpc) is 3.05. The van der Waals surface area contributed by atoms with Crippen LogP contribution in [-0.4, -0.2) is 20.4 Å². The van der Waals surface area contributed by atoms with Crippen LogP contribution >= 0.6 is 22.9 Å². The molecule has 0 bridgehead atoms. The second-order valence-corrected chi connectivity index (χ2v) is 5.51. The third kappa shape index (κ3) is 2.18. The first-order chi connectivity index (χ1) is 9.69. The number of hydrogen-bond donors (Lipinski definition) is 1. The Bertz CT molecular complexity index is 797. The molecule has 2 aromatic heterocycles. The fraction of sp³-hybridized carbons (Fsp3) is 0.0769. The first-order valence-corrected chi connectivity index (χ1v) is 6.93. The molecule has 0 unspecified atom stereocenters. The maximum atomic E-state index is 9.01. The number of halogens is 1. The van der Waals surface area contributed by atoms with Crippen LogP contribution in [0.25, 0.3) is 21.1 Å². The quantitative estimate of drug-likeness (QED) is 0.786. The van der Waals surface area contributed by atoms with Crippen LogP contribution in [0.3, 0.4) is 0 Å². The summed E-state index contributed by atoms with van der Waals surface area (Å²) in [6, 6.07) is 9.49. The zero-order chi connectivity index (χ0) is 14.1. The Morgan fingerprint density at radius 3 is 2.70 bits per heavy atom. The third-order valence-electron chi connectivity index (χ3n) is 2.76. The minimum Gasteiger partial charge on any atom is -0.241 e. The van der Waals surface area contributed by atoms with Gasteiger partial charge in [0, 0.05) is 10.6 Å². The highest BCUT2D eigenvalue weighted by atomic mass is 35.5. The van der Waals surface area contributed by atoms with E-state index in [1.54, 1.807) is 0 Å². The zero-order valence-electron chi connectivity index (χ0n) is 10.4. The Balaban J connectivity index is 2.08. The van der Waals surface area contributed by atoms with Crippen LogP contribution in [0, 0.1) is 18.3 Å². The molecule has 0 atom stereocenters. The van der Waals surface area contributed by atoms with E-state index < -0.39 is 0 Å². The maximum absolute atomic E-state index is 9.01. The molecule has 0 aliphatic carbocycles. The Morgan fingerprint density at radius 1 is 1.25 bits per heavy atom. The fourth-order valence-corrected chi connectivity index (χ4v) is 2.99. The smallest absolute Gasteiger partial charge is 0.191 e. The number of aromatic amines is 1. The summed E-state index contributed by atoms with van der Waals surface area (Å²) in [6.45, 7) is 1.89. The minimum atomic E-state index is 0.277. The lowest BCUT2D eigenvalue weighted by molar-refractivity contribution is 0.937. The maximum Gasteiger partial charge on any atom is 0.191 e. The van der Waals surface area contributed by atoms with Crippen LogP contribution < -0.4 is 0 Å². The van der Waals surface area contributed by atoms with Gasteiger partial charge in [-0.15, -0.1) is 16.4 Å². The number of thiazole rings is 1. The van der Waals surface area contributed by atoms with Gasteiger partial charge in [0.2, 0.25) is 0 Å². The van der Waals surface area contributed by atoms with Crippen LogP contribution in [0.15, 0.2) is 24.3 Å². The molecule has 0 saturated heterocycles. The van der Waals surface area contributed by atoms with Gasteiger partial charge >= 0.3 is 0 Å². The topological polar surface area (TPSA) is 78.2 Å². The summed E-state index contributed by atoms with van der Waals surface area (Å²) < 4.78 is 0. The molecule has 5 nitrogen and oxygen atoms in total. The van der Waals surface area contributed by atoms with E-state index in [1.165, 1.54) is 11.3 Å². The van der Waals surface area contributed by atoms with Gasteiger partial charge < -0.3 is 0 Å². The molecule has 3 rings (SSSR count). The van der Waals surface area contributed by atoms with E-state index >= 15 is 0 Å². The third-order valence-corrected chi connectivity index (χ3v) is 4.22. The van der Waals surface area contributed by atoms with Crippen LogP contribution in [0.5, 0.6) is 0 Å². The fourth-order valence-electron chi connectivity index (χ4n) is 1.80. The van der Waals surface area contributed by atoms with Crippen molar-refractivity contribution in [3.63, 3.8) is 0 Å². The second-order valence-electron chi connectivity index (χ2n) is 4.07. The average molecular weight is 302 g/mol. The van der Waals surface area contributed by atoms with Crippen molar-refractivity contribution in [2.45, 2.75) is 6.92 Å². The lowest BCUT2D eigenvalue weighted by Gasteiger charge is -1.95. The standard InChI is InChI=1S/C13H8ClN5S/c1-7-12(11-10(6-15)17-19-18-11)20-13(16-7)8-2-4-9(14)5-3-8/h2-5H,1H3,(H,17,18,19). The highest BCUT2D eigenvalue weighted by molar-refractivity contribution is 7.18. The molecule has 0 spiro atoms. The van der Waals surface area contributed by atoms with Crippen molar-refractivity contribution in [2.24, 2.45) is 0 Å². The van der Waals surface area contributed by atoms with Gasteiger partial charge in [-0.2, -0.15) is 15.6 Å². The van der Waals surface area contributed by atoms with Gasteiger partial charge in [0.1, 0.15) is 16.8 Å². The van der Waals surface area contributed by atoms with Crippen molar-refractivity contribution in [3.05, 3.63) is 40.7 Å². The molecular weight excluding hydrogens is 294 g/mol. The van der Waals surface area contributed by atoms with Gasteiger partial charge in [-0.25, -0.2) is 4.98 Å². The van der Waals surface area contributed by atoms with Crippen molar-refractivity contribution in [3.8, 4) is 27.2 Å². The first kappa shape index (κ1) is 12.8. The lowest BCUT2D eigenvalue weighted by atomic mass is 10.2. The van der Waals surface area contributed by atoms with Crippen molar-refractivity contribution < 1.29 is 0 Å². The molecule has 7 heteroatoms. The van der Waals surface area contributed by atoms with E-state index in [2.05, 4.69) is 20.4 Å². The summed E-state index contributed by atoms with van der Waals surface area (Å²) in [6.07, 6.45) is 0. The number of aromatic nitrogens is 4. The lowest BCUT2D eigenvalue weighted by Crippen LogP contribution is -1.82. The minimum absolute atomic E-state index is 0.277. The number of aryl methyl sites for hydroxylation is 1. The van der Waals surface area contributed by atoms with Crippen LogP contribution in [-0.2, 0) is 0 Å². The van der Waals surface area contributed by atoms with Crippen LogP contribution in [0.1, 0.15) is 11.4 Å². The van der Waals surface area contributed by atoms with Gasteiger partial charge in [0.25, 0.3) is 0 Å². The van der Waals surface area contributed by atoms with Crippen molar-refractivity contribution in [1.82, 2.24) is 20.4 Å². The molecule has 0 amide bonds. The monoisotopic (exact) mass is 301 g/mol. The van der Waals surface area contributed by atoms with Crippen molar-refractivity contribution >= 4 is 22.9 Å². The van der Waals surface area contributed by atoms with Gasteiger partial charge in [-0.05, 0) is 19.1 Å². The van der Waals surface area contributed by atoms with E-state index in [1.807, 2.05) is 37.3 Å². The second kappa shape index (κ2) is 5.04. The molecular formula is C13H8ClN5S. The molecule has 0 radical (unpaired) electrons. The molecule has 3 aromatic rings. The molecule has 1 N–H and O–H groups in total. The predicted octanol–water partition coefficient (Wildman–Crippen LogP) is 3.43.